The van der Waals surface area contributed by atoms with Gasteiger partial charge in [0.15, 0.2) is 17.5 Å². The van der Waals surface area contributed by atoms with E-state index in [-0.39, 0.29) is 6.10 Å². The maximum absolute atomic E-state index is 6.02. The molecule has 1 atom stereocenters. The van der Waals surface area contributed by atoms with E-state index >= 15 is 0 Å². The first-order valence-corrected chi connectivity index (χ1v) is 10.8. The summed E-state index contributed by atoms with van der Waals surface area (Å²) in [6.07, 6.45) is 2.12. The van der Waals surface area contributed by atoms with Crippen LogP contribution in [0.3, 0.4) is 0 Å². The normalized spacial score (nSPS) is 16.1. The molecule has 6 nitrogen and oxygen atoms in total. The Morgan fingerprint density at radius 3 is 2.40 bits per heavy atom. The second-order valence-electron chi connectivity index (χ2n) is 7.54. The molecule has 1 fully saturated rings. The first kappa shape index (κ1) is 21.8. The molecule has 0 amide bonds. The molecule has 6 heteroatoms. The van der Waals surface area contributed by atoms with Crippen LogP contribution >= 0.6 is 0 Å². The summed E-state index contributed by atoms with van der Waals surface area (Å²) in [7, 11) is 1.65. The molecule has 2 N–H and O–H groups in total. The van der Waals surface area contributed by atoms with E-state index in [1.54, 1.807) is 7.11 Å². The van der Waals surface area contributed by atoms with Crippen molar-refractivity contribution in [3.8, 4) is 11.5 Å². The van der Waals surface area contributed by atoms with E-state index in [0.717, 1.165) is 49.9 Å². The van der Waals surface area contributed by atoms with Gasteiger partial charge in [-0.1, -0.05) is 30.3 Å². The highest BCUT2D eigenvalue weighted by Gasteiger charge is 2.20. The number of hydrogen-bond acceptors (Lipinski definition) is 4. The zero-order chi connectivity index (χ0) is 21.2. The quantitative estimate of drug-likeness (QED) is 0.514. The van der Waals surface area contributed by atoms with Gasteiger partial charge >= 0.3 is 0 Å². The first-order chi connectivity index (χ1) is 14.7. The highest BCUT2D eigenvalue weighted by Crippen LogP contribution is 2.26. The van der Waals surface area contributed by atoms with Crippen LogP contribution in [0, 0.1) is 0 Å². The van der Waals surface area contributed by atoms with Gasteiger partial charge in [-0.2, -0.15) is 0 Å². The molecule has 162 valence electrons. The van der Waals surface area contributed by atoms with E-state index in [9.17, 15) is 0 Å². The molecule has 0 bridgehead atoms. The van der Waals surface area contributed by atoms with Crippen LogP contribution in [0.2, 0.25) is 0 Å². The lowest BCUT2D eigenvalue weighted by atomic mass is 10.0. The molecule has 0 saturated carbocycles. The number of aliphatic imine (C=N–C) groups is 1. The maximum Gasteiger partial charge on any atom is 0.191 e. The van der Waals surface area contributed by atoms with Crippen LogP contribution in [0.25, 0.3) is 0 Å². The zero-order valence-electron chi connectivity index (χ0n) is 18.3. The van der Waals surface area contributed by atoms with Crippen LogP contribution in [0.1, 0.15) is 26.7 Å². The molecule has 0 aliphatic carbocycles. The fourth-order valence-electron chi connectivity index (χ4n) is 3.62. The SMILES string of the molecule is CCNC(=NCC(C)Oc1ccccc1OC)NC1CCN(c2ccccc2)CC1. The molecule has 30 heavy (non-hydrogen) atoms. The molecular weight excluding hydrogens is 376 g/mol. The molecule has 1 heterocycles. The van der Waals surface area contributed by atoms with E-state index in [2.05, 4.69) is 52.8 Å². The van der Waals surface area contributed by atoms with Crippen molar-refractivity contribution in [2.75, 3.05) is 38.2 Å². The second-order valence-corrected chi connectivity index (χ2v) is 7.54. The van der Waals surface area contributed by atoms with Crippen LogP contribution in [0.4, 0.5) is 5.69 Å². The Balaban J connectivity index is 1.51. The number of ether oxygens (including phenoxy) is 2. The summed E-state index contributed by atoms with van der Waals surface area (Å²) in [6, 6.07) is 18.8. The highest BCUT2D eigenvalue weighted by atomic mass is 16.5. The minimum absolute atomic E-state index is 0.0586. The average molecular weight is 411 g/mol. The molecule has 1 saturated heterocycles. The Morgan fingerprint density at radius 2 is 1.73 bits per heavy atom. The fourth-order valence-corrected chi connectivity index (χ4v) is 3.62. The van der Waals surface area contributed by atoms with Crippen molar-refractivity contribution in [1.82, 2.24) is 10.6 Å². The summed E-state index contributed by atoms with van der Waals surface area (Å²) >= 11 is 0. The third-order valence-corrected chi connectivity index (χ3v) is 5.21. The molecule has 1 unspecified atom stereocenters. The van der Waals surface area contributed by atoms with Crippen LogP contribution < -0.4 is 25.0 Å². The Bertz CT molecular complexity index is 789. The smallest absolute Gasteiger partial charge is 0.191 e. The lowest BCUT2D eigenvalue weighted by molar-refractivity contribution is 0.219. The Labute approximate surface area is 180 Å². The number of nitrogens with zero attached hydrogens (tertiary/aromatic N) is 2. The van der Waals surface area contributed by atoms with Gasteiger partial charge in [0.2, 0.25) is 0 Å². The minimum Gasteiger partial charge on any atom is -0.493 e. The van der Waals surface area contributed by atoms with Crippen molar-refractivity contribution < 1.29 is 9.47 Å². The summed E-state index contributed by atoms with van der Waals surface area (Å²) in [4.78, 5) is 7.20. The van der Waals surface area contributed by atoms with Crippen molar-refractivity contribution >= 4 is 11.6 Å². The van der Waals surface area contributed by atoms with Gasteiger partial charge in [0, 0.05) is 31.4 Å². The topological polar surface area (TPSA) is 58.1 Å². The van der Waals surface area contributed by atoms with Crippen molar-refractivity contribution in [3.63, 3.8) is 0 Å². The molecular formula is C24H34N4O2. The predicted molar refractivity (Wildman–Crippen MR) is 124 cm³/mol. The van der Waals surface area contributed by atoms with E-state index in [1.165, 1.54) is 5.69 Å². The summed E-state index contributed by atoms with van der Waals surface area (Å²) < 4.78 is 11.4. The second kappa shape index (κ2) is 11.3. The maximum atomic E-state index is 6.02. The van der Waals surface area contributed by atoms with Crippen LogP contribution in [0.15, 0.2) is 59.6 Å². The summed E-state index contributed by atoms with van der Waals surface area (Å²) in [5, 5.41) is 6.96. The number of guanidine groups is 1. The first-order valence-electron chi connectivity index (χ1n) is 10.8. The Morgan fingerprint density at radius 1 is 1.07 bits per heavy atom. The number of rotatable bonds is 8. The van der Waals surface area contributed by atoms with Gasteiger partial charge in [-0.25, -0.2) is 4.99 Å². The summed E-state index contributed by atoms with van der Waals surface area (Å²) in [5.41, 5.74) is 1.30. The Hall–Kier alpha value is -2.89. The van der Waals surface area contributed by atoms with E-state index in [1.807, 2.05) is 31.2 Å². The number of nitrogens with one attached hydrogen (secondary N) is 2. The van der Waals surface area contributed by atoms with Gasteiger partial charge in [-0.05, 0) is 51.0 Å². The molecule has 3 rings (SSSR count). The van der Waals surface area contributed by atoms with E-state index < -0.39 is 0 Å². The Kier molecular flexibility index (Phi) is 8.24. The molecule has 0 radical (unpaired) electrons. The van der Waals surface area contributed by atoms with Gasteiger partial charge in [0.25, 0.3) is 0 Å². The standard InChI is InChI=1S/C24H34N4O2/c1-4-25-24(26-18-19(2)30-23-13-9-8-12-22(23)29-3)27-20-14-16-28(17-15-20)21-10-6-5-7-11-21/h5-13,19-20H,4,14-18H2,1-3H3,(H2,25,26,27). The predicted octanol–water partition coefficient (Wildman–Crippen LogP) is 3.69. The zero-order valence-corrected chi connectivity index (χ0v) is 18.3. The van der Waals surface area contributed by atoms with Crippen molar-refractivity contribution in [3.05, 3.63) is 54.6 Å². The summed E-state index contributed by atoms with van der Waals surface area (Å²) in [6.45, 7) is 7.61. The molecule has 2 aromatic rings. The lowest BCUT2D eigenvalue weighted by Crippen LogP contribution is -2.49. The number of piperidine rings is 1. The molecule has 0 spiro atoms. The largest absolute Gasteiger partial charge is 0.493 e. The van der Waals surface area contributed by atoms with Gasteiger partial charge in [-0.15, -0.1) is 0 Å². The van der Waals surface area contributed by atoms with Crippen molar-refractivity contribution in [2.24, 2.45) is 4.99 Å². The third kappa shape index (κ3) is 6.31. The highest BCUT2D eigenvalue weighted by molar-refractivity contribution is 5.80. The lowest BCUT2D eigenvalue weighted by Gasteiger charge is -2.34. The van der Waals surface area contributed by atoms with Gasteiger partial charge < -0.3 is 25.0 Å². The molecule has 1 aliphatic rings. The van der Waals surface area contributed by atoms with E-state index in [0.29, 0.717) is 12.6 Å². The molecule has 0 aromatic heterocycles. The van der Waals surface area contributed by atoms with Crippen LogP contribution in [-0.2, 0) is 0 Å². The number of methoxy groups -OCH3 is 1. The van der Waals surface area contributed by atoms with Gasteiger partial charge in [0.1, 0.15) is 6.10 Å². The van der Waals surface area contributed by atoms with Crippen LogP contribution in [0.5, 0.6) is 11.5 Å². The van der Waals surface area contributed by atoms with E-state index in [4.69, 9.17) is 14.5 Å². The van der Waals surface area contributed by atoms with Crippen LogP contribution in [-0.4, -0.2) is 51.4 Å². The number of para-hydroxylation sites is 3. The third-order valence-electron chi connectivity index (χ3n) is 5.21. The molecule has 2 aromatic carbocycles. The molecule has 1 aliphatic heterocycles. The summed E-state index contributed by atoms with van der Waals surface area (Å²) in [5.74, 6) is 2.34. The van der Waals surface area contributed by atoms with Crippen molar-refractivity contribution in [2.45, 2.75) is 38.8 Å². The monoisotopic (exact) mass is 410 g/mol. The van der Waals surface area contributed by atoms with Gasteiger partial charge in [0.05, 0.1) is 13.7 Å². The fraction of sp³-hybridized carbons (Fsp3) is 0.458. The average Bonchev–Trinajstić information content (AvgIpc) is 2.79. The van der Waals surface area contributed by atoms with Gasteiger partial charge in [-0.3, -0.25) is 0 Å². The van der Waals surface area contributed by atoms with Crippen molar-refractivity contribution in [1.29, 1.82) is 0 Å². The minimum atomic E-state index is -0.0586. The number of anilines is 1. The number of benzene rings is 2. The number of hydrogen-bond donors (Lipinski definition) is 2.